The average molecular weight is 288 g/mol. The molecule has 0 spiro atoms. The van der Waals surface area contributed by atoms with E-state index in [-0.39, 0.29) is 18.4 Å². The van der Waals surface area contributed by atoms with Crippen LogP contribution in [0.5, 0.6) is 0 Å². The average Bonchev–Trinajstić information content (AvgIpc) is 2.45. The Morgan fingerprint density at radius 1 is 1.29 bits per heavy atom. The maximum Gasteiger partial charge on any atom is 0.242 e. The maximum atomic E-state index is 12.4. The number of anilines is 1. The Hall–Kier alpha value is -1.84. The van der Waals surface area contributed by atoms with Crippen LogP contribution in [0.3, 0.4) is 0 Å². The van der Waals surface area contributed by atoms with Crippen molar-refractivity contribution in [3.05, 3.63) is 29.8 Å². The van der Waals surface area contributed by atoms with Gasteiger partial charge in [-0.05, 0) is 43.4 Å². The summed E-state index contributed by atoms with van der Waals surface area (Å²) in [5.74, 6) is 0.632. The summed E-state index contributed by atoms with van der Waals surface area (Å²) in [7, 11) is 0. The maximum absolute atomic E-state index is 12.4. The van der Waals surface area contributed by atoms with Crippen LogP contribution in [0.1, 0.15) is 32.3 Å². The number of likely N-dealkylation sites (tertiary alicyclic amines) is 1. The number of amides is 2. The topological polar surface area (TPSA) is 40.6 Å². The third-order valence-corrected chi connectivity index (χ3v) is 4.12. The molecule has 21 heavy (non-hydrogen) atoms. The van der Waals surface area contributed by atoms with Gasteiger partial charge in [-0.2, -0.15) is 0 Å². The van der Waals surface area contributed by atoms with Gasteiger partial charge in [0.15, 0.2) is 0 Å². The fraction of sp³-hybridized carbons (Fsp3) is 0.529. The van der Waals surface area contributed by atoms with E-state index in [1.807, 2.05) is 36.1 Å². The molecule has 0 saturated carbocycles. The molecular formula is C17H24N2O2. The van der Waals surface area contributed by atoms with Crippen molar-refractivity contribution in [2.45, 2.75) is 33.6 Å². The smallest absolute Gasteiger partial charge is 0.242 e. The normalized spacial score (nSPS) is 15.9. The van der Waals surface area contributed by atoms with Crippen molar-refractivity contribution in [1.82, 2.24) is 4.90 Å². The van der Waals surface area contributed by atoms with Crippen LogP contribution in [0.25, 0.3) is 0 Å². The number of nitrogens with zero attached hydrogens (tertiary/aromatic N) is 2. The molecule has 1 fully saturated rings. The Kier molecular flexibility index (Phi) is 4.99. The van der Waals surface area contributed by atoms with E-state index in [2.05, 4.69) is 6.92 Å². The molecule has 114 valence electrons. The van der Waals surface area contributed by atoms with Gasteiger partial charge in [-0.25, -0.2) is 0 Å². The van der Waals surface area contributed by atoms with Crippen LogP contribution in [-0.2, 0) is 9.59 Å². The van der Waals surface area contributed by atoms with Gasteiger partial charge >= 0.3 is 0 Å². The zero-order chi connectivity index (χ0) is 15.4. The monoisotopic (exact) mass is 288 g/mol. The number of carbonyl (C=O) groups excluding carboxylic acids is 2. The van der Waals surface area contributed by atoms with Crippen LogP contribution in [0.2, 0.25) is 0 Å². The highest BCUT2D eigenvalue weighted by Crippen LogP contribution is 2.19. The van der Waals surface area contributed by atoms with Crippen LogP contribution in [0.15, 0.2) is 24.3 Å². The lowest BCUT2D eigenvalue weighted by atomic mass is 9.99. The lowest BCUT2D eigenvalue weighted by Gasteiger charge is -2.32. The summed E-state index contributed by atoms with van der Waals surface area (Å²) in [5.41, 5.74) is 1.87. The lowest BCUT2D eigenvalue weighted by Crippen LogP contribution is -2.45. The van der Waals surface area contributed by atoms with Crippen LogP contribution >= 0.6 is 0 Å². The summed E-state index contributed by atoms with van der Waals surface area (Å²) in [4.78, 5) is 27.7. The third kappa shape index (κ3) is 4.06. The molecule has 2 rings (SSSR count). The van der Waals surface area contributed by atoms with Gasteiger partial charge in [0.1, 0.15) is 6.54 Å². The first kappa shape index (κ1) is 15.5. The van der Waals surface area contributed by atoms with E-state index in [4.69, 9.17) is 0 Å². The van der Waals surface area contributed by atoms with E-state index in [9.17, 15) is 9.59 Å². The van der Waals surface area contributed by atoms with Crippen molar-refractivity contribution in [1.29, 1.82) is 0 Å². The van der Waals surface area contributed by atoms with E-state index >= 15 is 0 Å². The quantitative estimate of drug-likeness (QED) is 0.858. The Bertz CT molecular complexity index is 519. The standard InChI is InChI=1S/C17H24N2O2/c1-13-7-9-18(10-8-13)17(21)12-19(15(3)20)16-6-4-5-14(2)11-16/h4-6,11,13H,7-10,12H2,1-3H3. The number of carbonyl (C=O) groups is 2. The first-order chi connectivity index (χ1) is 9.97. The summed E-state index contributed by atoms with van der Waals surface area (Å²) >= 11 is 0. The van der Waals surface area contributed by atoms with Crippen molar-refractivity contribution in [2.75, 3.05) is 24.5 Å². The molecule has 2 amide bonds. The first-order valence-corrected chi connectivity index (χ1v) is 7.60. The van der Waals surface area contributed by atoms with Crippen LogP contribution in [-0.4, -0.2) is 36.3 Å². The van der Waals surface area contributed by atoms with Gasteiger partial charge < -0.3 is 9.80 Å². The van der Waals surface area contributed by atoms with Crippen molar-refractivity contribution < 1.29 is 9.59 Å². The number of hydrogen-bond donors (Lipinski definition) is 0. The van der Waals surface area contributed by atoms with Gasteiger partial charge in [0.2, 0.25) is 11.8 Å². The molecule has 1 saturated heterocycles. The van der Waals surface area contributed by atoms with Gasteiger partial charge in [-0.3, -0.25) is 9.59 Å². The summed E-state index contributed by atoms with van der Waals surface area (Å²) in [6.07, 6.45) is 2.10. The number of piperidine rings is 1. The number of hydrogen-bond acceptors (Lipinski definition) is 2. The van der Waals surface area contributed by atoms with Gasteiger partial charge in [0, 0.05) is 25.7 Å². The summed E-state index contributed by atoms with van der Waals surface area (Å²) < 4.78 is 0. The number of benzene rings is 1. The van der Waals surface area contributed by atoms with Crippen molar-refractivity contribution in [2.24, 2.45) is 5.92 Å². The molecule has 1 aliphatic rings. The molecule has 1 aromatic carbocycles. The van der Waals surface area contributed by atoms with Gasteiger partial charge in [-0.1, -0.05) is 19.1 Å². The van der Waals surface area contributed by atoms with Gasteiger partial charge in [0.05, 0.1) is 0 Å². The fourth-order valence-electron chi connectivity index (χ4n) is 2.67. The van der Waals surface area contributed by atoms with Crippen molar-refractivity contribution in [3.8, 4) is 0 Å². The molecule has 0 unspecified atom stereocenters. The van der Waals surface area contributed by atoms with E-state index < -0.39 is 0 Å². The van der Waals surface area contributed by atoms with Crippen LogP contribution < -0.4 is 4.90 Å². The second kappa shape index (κ2) is 6.74. The molecule has 1 aromatic rings. The van der Waals surface area contributed by atoms with E-state index in [1.165, 1.54) is 6.92 Å². The molecule has 4 heteroatoms. The zero-order valence-corrected chi connectivity index (χ0v) is 13.1. The van der Waals surface area contributed by atoms with Crippen molar-refractivity contribution >= 4 is 17.5 Å². The highest BCUT2D eigenvalue weighted by atomic mass is 16.2. The molecule has 4 nitrogen and oxygen atoms in total. The molecule has 0 aromatic heterocycles. The third-order valence-electron chi connectivity index (χ3n) is 4.12. The highest BCUT2D eigenvalue weighted by Gasteiger charge is 2.23. The zero-order valence-electron chi connectivity index (χ0n) is 13.1. The summed E-state index contributed by atoms with van der Waals surface area (Å²) in [6, 6.07) is 7.70. The molecule has 0 bridgehead atoms. The molecule has 0 aliphatic carbocycles. The number of aryl methyl sites for hydroxylation is 1. The number of rotatable bonds is 3. The van der Waals surface area contributed by atoms with Crippen LogP contribution in [0, 0.1) is 12.8 Å². The highest BCUT2D eigenvalue weighted by molar-refractivity contribution is 5.97. The molecule has 0 radical (unpaired) electrons. The molecule has 0 atom stereocenters. The summed E-state index contributed by atoms with van der Waals surface area (Å²) in [6.45, 7) is 7.45. The minimum absolute atomic E-state index is 0.0404. The second-order valence-corrected chi connectivity index (χ2v) is 6.01. The molecule has 1 aliphatic heterocycles. The minimum atomic E-state index is -0.0978. The fourth-order valence-corrected chi connectivity index (χ4v) is 2.67. The van der Waals surface area contributed by atoms with Crippen LogP contribution in [0.4, 0.5) is 5.69 Å². The lowest BCUT2D eigenvalue weighted by molar-refractivity contribution is -0.132. The van der Waals surface area contributed by atoms with Gasteiger partial charge in [0.25, 0.3) is 0 Å². The van der Waals surface area contributed by atoms with E-state index in [0.717, 1.165) is 37.2 Å². The van der Waals surface area contributed by atoms with E-state index in [1.54, 1.807) is 4.90 Å². The Morgan fingerprint density at radius 3 is 2.52 bits per heavy atom. The Balaban J connectivity index is 2.06. The first-order valence-electron chi connectivity index (χ1n) is 7.60. The predicted octanol–water partition coefficient (Wildman–Crippen LogP) is 2.61. The predicted molar refractivity (Wildman–Crippen MR) is 84.2 cm³/mol. The van der Waals surface area contributed by atoms with E-state index in [0.29, 0.717) is 5.92 Å². The molecule has 0 N–H and O–H groups in total. The Labute approximate surface area is 126 Å². The van der Waals surface area contributed by atoms with Crippen molar-refractivity contribution in [3.63, 3.8) is 0 Å². The minimum Gasteiger partial charge on any atom is -0.341 e. The second-order valence-electron chi connectivity index (χ2n) is 6.01. The van der Waals surface area contributed by atoms with Gasteiger partial charge in [-0.15, -0.1) is 0 Å². The largest absolute Gasteiger partial charge is 0.341 e. The summed E-state index contributed by atoms with van der Waals surface area (Å²) in [5, 5.41) is 0. The molecule has 1 heterocycles. The Morgan fingerprint density at radius 2 is 1.95 bits per heavy atom. The SMILES string of the molecule is CC(=O)N(CC(=O)N1CCC(C)CC1)c1cccc(C)c1. The molecular weight excluding hydrogens is 264 g/mol.